The molecule has 1 aliphatic rings. The number of hydrogen-bond donors (Lipinski definition) is 0. The van der Waals surface area contributed by atoms with Crippen molar-refractivity contribution in [3.63, 3.8) is 0 Å². The number of para-hydroxylation sites is 1. The predicted molar refractivity (Wildman–Crippen MR) is 97.2 cm³/mol. The number of thioether (sulfide) groups is 1. The summed E-state index contributed by atoms with van der Waals surface area (Å²) in [5, 5.41) is 0.672. The Morgan fingerprint density at radius 1 is 1.04 bits per heavy atom. The van der Waals surface area contributed by atoms with Gasteiger partial charge in [-0.3, -0.25) is 9.36 Å². The first kappa shape index (κ1) is 14.3. The molecule has 23 heavy (non-hydrogen) atoms. The van der Waals surface area contributed by atoms with Crippen molar-refractivity contribution in [1.29, 1.82) is 0 Å². The molecule has 114 valence electrons. The van der Waals surface area contributed by atoms with Gasteiger partial charge in [0.25, 0.3) is 5.56 Å². The molecule has 0 spiro atoms. The lowest BCUT2D eigenvalue weighted by molar-refractivity contribution is 0.522. The first-order valence-corrected chi connectivity index (χ1v) is 8.36. The van der Waals surface area contributed by atoms with Gasteiger partial charge in [-0.2, -0.15) is 0 Å². The van der Waals surface area contributed by atoms with E-state index in [4.69, 9.17) is 4.98 Å². The zero-order valence-corrected chi connectivity index (χ0v) is 13.8. The van der Waals surface area contributed by atoms with E-state index < -0.39 is 0 Å². The number of nitrogens with zero attached hydrogens (tertiary/aromatic N) is 2. The van der Waals surface area contributed by atoms with Crippen molar-refractivity contribution in [3.05, 3.63) is 76.3 Å². The summed E-state index contributed by atoms with van der Waals surface area (Å²) >= 11 is 1.68. The van der Waals surface area contributed by atoms with Gasteiger partial charge >= 0.3 is 0 Å². The first-order valence-electron chi connectivity index (χ1n) is 7.55. The van der Waals surface area contributed by atoms with E-state index in [1.165, 1.54) is 0 Å². The number of hydrogen-bond acceptors (Lipinski definition) is 3. The summed E-state index contributed by atoms with van der Waals surface area (Å²) in [5.41, 5.74) is 1.89. The fourth-order valence-corrected chi connectivity index (χ4v) is 4.17. The molecule has 0 amide bonds. The van der Waals surface area contributed by atoms with Gasteiger partial charge in [0.15, 0.2) is 5.82 Å². The van der Waals surface area contributed by atoms with Gasteiger partial charge in [-0.15, -0.1) is 0 Å². The Bertz CT molecular complexity index is 987. The lowest BCUT2D eigenvalue weighted by Crippen LogP contribution is -2.32. The number of rotatable bonds is 1. The highest BCUT2D eigenvalue weighted by molar-refractivity contribution is 8.09. The molecule has 0 aliphatic carbocycles. The van der Waals surface area contributed by atoms with Crippen molar-refractivity contribution < 1.29 is 0 Å². The van der Waals surface area contributed by atoms with Crippen LogP contribution in [0.25, 0.3) is 21.9 Å². The Kier molecular flexibility index (Phi) is 3.16. The van der Waals surface area contributed by atoms with Crippen LogP contribution in [0.1, 0.15) is 25.2 Å². The molecular formula is C19H16N2OS. The number of benzene rings is 2. The fraction of sp³-hybridized carbons (Fsp3) is 0.158. The third-order valence-electron chi connectivity index (χ3n) is 3.99. The van der Waals surface area contributed by atoms with Crippen LogP contribution in [0.2, 0.25) is 0 Å². The molecule has 4 rings (SSSR count). The summed E-state index contributed by atoms with van der Waals surface area (Å²) in [7, 11) is 0. The van der Waals surface area contributed by atoms with Crippen LogP contribution in [-0.2, 0) is 4.87 Å². The Morgan fingerprint density at radius 3 is 2.52 bits per heavy atom. The van der Waals surface area contributed by atoms with Crippen molar-refractivity contribution in [3.8, 4) is 0 Å². The van der Waals surface area contributed by atoms with E-state index in [2.05, 4.69) is 32.1 Å². The molecule has 0 N–H and O–H groups in total. The minimum Gasteiger partial charge on any atom is -0.276 e. The van der Waals surface area contributed by atoms with E-state index in [1.54, 1.807) is 11.8 Å². The van der Waals surface area contributed by atoms with Crippen LogP contribution < -0.4 is 5.56 Å². The molecule has 0 bridgehead atoms. The molecule has 0 unspecified atom stereocenters. The van der Waals surface area contributed by atoms with Gasteiger partial charge in [0.2, 0.25) is 0 Å². The average Bonchev–Trinajstić information content (AvgIpc) is 2.79. The smallest absolute Gasteiger partial charge is 0.262 e. The molecule has 4 heteroatoms. The largest absolute Gasteiger partial charge is 0.276 e. The molecule has 0 radical (unpaired) electrons. The monoisotopic (exact) mass is 320 g/mol. The van der Waals surface area contributed by atoms with Crippen LogP contribution in [0.4, 0.5) is 0 Å². The van der Waals surface area contributed by atoms with Crippen molar-refractivity contribution >= 4 is 33.6 Å². The Morgan fingerprint density at radius 2 is 1.74 bits per heavy atom. The lowest BCUT2D eigenvalue weighted by atomic mass is 10.2. The van der Waals surface area contributed by atoms with E-state index >= 15 is 0 Å². The van der Waals surface area contributed by atoms with Gasteiger partial charge in [0, 0.05) is 0 Å². The van der Waals surface area contributed by atoms with Gasteiger partial charge < -0.3 is 0 Å². The SMILES string of the molecule is CC1(C)S/C(=C\c2ccccc2)c2nc3ccccc3c(=O)n21. The van der Waals surface area contributed by atoms with Crippen molar-refractivity contribution in [2.24, 2.45) is 0 Å². The second-order valence-corrected chi connectivity index (χ2v) is 7.70. The molecule has 0 saturated heterocycles. The molecule has 0 atom stereocenters. The van der Waals surface area contributed by atoms with E-state index in [1.807, 2.05) is 47.0 Å². The van der Waals surface area contributed by atoms with E-state index in [0.717, 1.165) is 21.8 Å². The van der Waals surface area contributed by atoms with E-state index in [0.29, 0.717) is 5.39 Å². The van der Waals surface area contributed by atoms with Crippen LogP contribution in [0, 0.1) is 0 Å². The van der Waals surface area contributed by atoms with Gasteiger partial charge in [-0.1, -0.05) is 54.2 Å². The quantitative estimate of drug-likeness (QED) is 0.669. The van der Waals surface area contributed by atoms with Crippen molar-refractivity contribution in [1.82, 2.24) is 9.55 Å². The summed E-state index contributed by atoms with van der Waals surface area (Å²) in [4.78, 5) is 18.4. The van der Waals surface area contributed by atoms with Crippen molar-refractivity contribution in [2.75, 3.05) is 0 Å². The maximum absolute atomic E-state index is 12.9. The predicted octanol–water partition coefficient (Wildman–Crippen LogP) is 4.33. The number of fused-ring (bicyclic) bond motifs is 2. The van der Waals surface area contributed by atoms with E-state index in [-0.39, 0.29) is 10.4 Å². The summed E-state index contributed by atoms with van der Waals surface area (Å²) < 4.78 is 1.81. The average molecular weight is 320 g/mol. The summed E-state index contributed by atoms with van der Waals surface area (Å²) in [6.07, 6.45) is 2.10. The third kappa shape index (κ3) is 2.30. The first-order chi connectivity index (χ1) is 11.1. The van der Waals surface area contributed by atoms with Crippen LogP contribution in [-0.4, -0.2) is 9.55 Å². The minimum atomic E-state index is -0.343. The van der Waals surface area contributed by atoms with Crippen molar-refractivity contribution in [2.45, 2.75) is 18.7 Å². The maximum atomic E-state index is 12.9. The fourth-order valence-electron chi connectivity index (χ4n) is 2.95. The zero-order valence-electron chi connectivity index (χ0n) is 13.0. The molecule has 1 aromatic heterocycles. The summed E-state index contributed by atoms with van der Waals surface area (Å²) in [6, 6.07) is 17.7. The van der Waals surface area contributed by atoms with Crippen LogP contribution >= 0.6 is 11.8 Å². The molecule has 3 nitrogen and oxygen atoms in total. The maximum Gasteiger partial charge on any atom is 0.262 e. The second kappa shape index (κ2) is 5.10. The van der Waals surface area contributed by atoms with Gasteiger partial charge in [-0.05, 0) is 37.6 Å². The molecular weight excluding hydrogens is 304 g/mol. The third-order valence-corrected chi connectivity index (χ3v) is 5.19. The highest BCUT2D eigenvalue weighted by Crippen LogP contribution is 2.48. The van der Waals surface area contributed by atoms with Gasteiger partial charge in [0.1, 0.15) is 0 Å². The Labute approximate surface area is 138 Å². The molecule has 0 fully saturated rings. The second-order valence-electron chi connectivity index (χ2n) is 6.06. The highest BCUT2D eigenvalue weighted by atomic mass is 32.2. The summed E-state index contributed by atoms with van der Waals surface area (Å²) in [6.45, 7) is 4.12. The Balaban J connectivity index is 2.01. The molecule has 3 aromatic rings. The summed E-state index contributed by atoms with van der Waals surface area (Å²) in [5.74, 6) is 0.757. The van der Waals surface area contributed by atoms with Crippen LogP contribution in [0.3, 0.4) is 0 Å². The Hall–Kier alpha value is -2.33. The minimum absolute atomic E-state index is 0.0274. The number of aromatic nitrogens is 2. The molecule has 1 aliphatic heterocycles. The molecule has 2 heterocycles. The van der Waals surface area contributed by atoms with Crippen LogP contribution in [0.5, 0.6) is 0 Å². The molecule has 0 saturated carbocycles. The standard InChI is InChI=1S/C19H16N2OS/c1-19(2)21-17(16(23-19)12-13-8-4-3-5-9-13)20-15-11-7-6-10-14(15)18(21)22/h3-12H,1-2H3/b16-12-. The molecule has 2 aromatic carbocycles. The normalized spacial score (nSPS) is 17.6. The van der Waals surface area contributed by atoms with E-state index in [9.17, 15) is 4.79 Å². The topological polar surface area (TPSA) is 34.9 Å². The van der Waals surface area contributed by atoms with Gasteiger partial charge in [-0.25, -0.2) is 4.98 Å². The van der Waals surface area contributed by atoms with Gasteiger partial charge in [0.05, 0.1) is 20.7 Å². The lowest BCUT2D eigenvalue weighted by Gasteiger charge is -2.19. The zero-order chi connectivity index (χ0) is 16.0. The highest BCUT2D eigenvalue weighted by Gasteiger charge is 2.36. The van der Waals surface area contributed by atoms with Crippen LogP contribution in [0.15, 0.2) is 59.4 Å².